The summed E-state index contributed by atoms with van der Waals surface area (Å²) in [4.78, 5) is 25.9. The van der Waals surface area contributed by atoms with Crippen LogP contribution in [-0.2, 0) is 11.3 Å². The van der Waals surface area contributed by atoms with Crippen LogP contribution in [0.2, 0.25) is 0 Å². The van der Waals surface area contributed by atoms with Crippen molar-refractivity contribution in [2.45, 2.75) is 13.5 Å². The highest BCUT2D eigenvalue weighted by Gasteiger charge is 2.19. The van der Waals surface area contributed by atoms with E-state index in [-0.39, 0.29) is 23.7 Å². The lowest BCUT2D eigenvalue weighted by Crippen LogP contribution is -2.09. The Morgan fingerprint density at radius 2 is 2.13 bits per heavy atom. The molecule has 0 aliphatic carbocycles. The Labute approximate surface area is 130 Å². The van der Waals surface area contributed by atoms with Gasteiger partial charge in [-0.15, -0.1) is 0 Å². The average Bonchev–Trinajstić information content (AvgIpc) is 2.53. The molecule has 0 amide bonds. The summed E-state index contributed by atoms with van der Waals surface area (Å²) in [6.07, 6.45) is 1.42. The Balaban J connectivity index is 2.28. The molecule has 1 heterocycles. The second kappa shape index (κ2) is 6.82. The van der Waals surface area contributed by atoms with Gasteiger partial charge < -0.3 is 9.47 Å². The van der Waals surface area contributed by atoms with E-state index < -0.39 is 16.7 Å². The van der Waals surface area contributed by atoms with Gasteiger partial charge in [-0.25, -0.2) is 14.2 Å². The van der Waals surface area contributed by atoms with E-state index in [0.717, 1.165) is 12.1 Å². The van der Waals surface area contributed by atoms with Gasteiger partial charge in [-0.2, -0.15) is 0 Å². The van der Waals surface area contributed by atoms with Gasteiger partial charge in [-0.3, -0.25) is 10.1 Å². The van der Waals surface area contributed by atoms with Crippen LogP contribution >= 0.6 is 0 Å². The van der Waals surface area contributed by atoms with Crippen molar-refractivity contribution in [3.8, 4) is 5.88 Å². The van der Waals surface area contributed by atoms with Crippen molar-refractivity contribution in [1.82, 2.24) is 4.98 Å². The number of ether oxygens (including phenoxy) is 2. The summed E-state index contributed by atoms with van der Waals surface area (Å²) in [6, 6.07) is 4.85. The van der Waals surface area contributed by atoms with Crippen LogP contribution in [0.3, 0.4) is 0 Å². The molecule has 2 aromatic rings. The summed E-state index contributed by atoms with van der Waals surface area (Å²) >= 11 is 0. The molecule has 2 rings (SSSR count). The van der Waals surface area contributed by atoms with E-state index in [9.17, 15) is 19.3 Å². The molecule has 120 valence electrons. The topological polar surface area (TPSA) is 91.6 Å². The van der Waals surface area contributed by atoms with Gasteiger partial charge in [0.25, 0.3) is 5.88 Å². The SMILES string of the molecule is COC(=O)c1cc(F)ccc1COc1ncc(C)cc1[N+](=O)[O-]. The number of benzene rings is 1. The molecule has 0 atom stereocenters. The third-order valence-corrected chi connectivity index (χ3v) is 3.01. The van der Waals surface area contributed by atoms with Gasteiger partial charge in [0.1, 0.15) is 12.4 Å². The van der Waals surface area contributed by atoms with E-state index >= 15 is 0 Å². The number of hydrogen-bond donors (Lipinski definition) is 0. The molecular formula is C15H13FN2O5. The number of nitro groups is 1. The molecule has 0 aliphatic rings. The van der Waals surface area contributed by atoms with Crippen LogP contribution in [0.1, 0.15) is 21.5 Å². The molecule has 0 bridgehead atoms. The fourth-order valence-electron chi connectivity index (χ4n) is 1.90. The highest BCUT2D eigenvalue weighted by Crippen LogP contribution is 2.26. The zero-order valence-electron chi connectivity index (χ0n) is 12.4. The summed E-state index contributed by atoms with van der Waals surface area (Å²) < 4.78 is 23.2. The number of carbonyl (C=O) groups is 1. The molecule has 23 heavy (non-hydrogen) atoms. The van der Waals surface area contributed by atoms with Crippen molar-refractivity contribution in [3.05, 3.63) is 63.1 Å². The van der Waals surface area contributed by atoms with Crippen LogP contribution in [0.15, 0.2) is 30.5 Å². The van der Waals surface area contributed by atoms with Crippen LogP contribution in [0.4, 0.5) is 10.1 Å². The third-order valence-electron chi connectivity index (χ3n) is 3.01. The lowest BCUT2D eigenvalue weighted by Gasteiger charge is -2.10. The van der Waals surface area contributed by atoms with E-state index in [1.54, 1.807) is 6.92 Å². The molecule has 0 fully saturated rings. The predicted octanol–water partition coefficient (Wildman–Crippen LogP) is 2.80. The molecule has 7 nitrogen and oxygen atoms in total. The number of aryl methyl sites for hydroxylation is 1. The molecule has 0 spiro atoms. The molecular weight excluding hydrogens is 307 g/mol. The first-order chi connectivity index (χ1) is 10.9. The molecule has 8 heteroatoms. The zero-order chi connectivity index (χ0) is 17.0. The smallest absolute Gasteiger partial charge is 0.338 e. The largest absolute Gasteiger partial charge is 0.468 e. The van der Waals surface area contributed by atoms with Crippen LogP contribution in [-0.4, -0.2) is 23.0 Å². The van der Waals surface area contributed by atoms with Crippen molar-refractivity contribution >= 4 is 11.7 Å². The highest BCUT2D eigenvalue weighted by molar-refractivity contribution is 5.91. The highest BCUT2D eigenvalue weighted by atomic mass is 19.1. The maximum atomic E-state index is 13.3. The number of aromatic nitrogens is 1. The minimum Gasteiger partial charge on any atom is -0.468 e. The Morgan fingerprint density at radius 3 is 2.78 bits per heavy atom. The lowest BCUT2D eigenvalue weighted by atomic mass is 10.1. The van der Waals surface area contributed by atoms with Gasteiger partial charge in [0, 0.05) is 17.8 Å². The fraction of sp³-hybridized carbons (Fsp3) is 0.200. The van der Waals surface area contributed by atoms with Gasteiger partial charge in [0.05, 0.1) is 17.6 Å². The lowest BCUT2D eigenvalue weighted by molar-refractivity contribution is -0.386. The Bertz CT molecular complexity index is 764. The van der Waals surface area contributed by atoms with Gasteiger partial charge in [0.2, 0.25) is 0 Å². The number of esters is 1. The second-order valence-electron chi connectivity index (χ2n) is 4.68. The quantitative estimate of drug-likeness (QED) is 0.478. The predicted molar refractivity (Wildman–Crippen MR) is 77.7 cm³/mol. The van der Waals surface area contributed by atoms with Crippen molar-refractivity contribution in [1.29, 1.82) is 0 Å². The fourth-order valence-corrected chi connectivity index (χ4v) is 1.90. The summed E-state index contributed by atoms with van der Waals surface area (Å²) in [5, 5.41) is 11.0. The van der Waals surface area contributed by atoms with E-state index in [1.165, 1.54) is 25.4 Å². The third kappa shape index (κ3) is 3.79. The van der Waals surface area contributed by atoms with Crippen molar-refractivity contribution in [2.75, 3.05) is 7.11 Å². The molecule has 0 aliphatic heterocycles. The van der Waals surface area contributed by atoms with Gasteiger partial charge in [0.15, 0.2) is 0 Å². The summed E-state index contributed by atoms with van der Waals surface area (Å²) in [5.74, 6) is -1.51. The van der Waals surface area contributed by atoms with E-state index in [2.05, 4.69) is 9.72 Å². The minimum absolute atomic E-state index is 0.0118. The standard InChI is InChI=1S/C15H13FN2O5/c1-9-5-13(18(20)21)14(17-7-9)23-8-10-3-4-11(16)6-12(10)15(19)22-2/h3-7H,8H2,1-2H3. The molecule has 1 aromatic heterocycles. The Hall–Kier alpha value is -3.03. The maximum absolute atomic E-state index is 13.3. The van der Waals surface area contributed by atoms with Crippen LogP contribution in [0.25, 0.3) is 0 Å². The molecule has 1 aromatic carbocycles. The van der Waals surface area contributed by atoms with Crippen LogP contribution < -0.4 is 4.74 Å². The maximum Gasteiger partial charge on any atom is 0.338 e. The zero-order valence-corrected chi connectivity index (χ0v) is 12.4. The number of rotatable bonds is 5. The van der Waals surface area contributed by atoms with Gasteiger partial charge in [-0.05, 0) is 24.6 Å². The van der Waals surface area contributed by atoms with E-state index in [4.69, 9.17) is 4.74 Å². The van der Waals surface area contributed by atoms with Gasteiger partial charge in [-0.1, -0.05) is 6.07 Å². The Kier molecular flexibility index (Phi) is 4.85. The van der Waals surface area contributed by atoms with Gasteiger partial charge >= 0.3 is 11.7 Å². The number of nitrogens with zero attached hydrogens (tertiary/aromatic N) is 2. The summed E-state index contributed by atoms with van der Waals surface area (Å²) in [6.45, 7) is 1.47. The molecule has 0 unspecified atom stereocenters. The first-order valence-electron chi connectivity index (χ1n) is 6.53. The van der Waals surface area contributed by atoms with Crippen molar-refractivity contribution in [3.63, 3.8) is 0 Å². The Morgan fingerprint density at radius 1 is 1.39 bits per heavy atom. The number of halogens is 1. The normalized spacial score (nSPS) is 10.2. The first kappa shape index (κ1) is 16.3. The minimum atomic E-state index is -0.727. The van der Waals surface area contributed by atoms with Crippen LogP contribution in [0, 0.1) is 22.9 Å². The van der Waals surface area contributed by atoms with E-state index in [0.29, 0.717) is 11.1 Å². The number of carbonyl (C=O) groups excluding carboxylic acids is 1. The second-order valence-corrected chi connectivity index (χ2v) is 4.68. The van der Waals surface area contributed by atoms with Crippen LogP contribution in [0.5, 0.6) is 5.88 Å². The molecule has 0 saturated heterocycles. The molecule has 0 N–H and O–H groups in total. The van der Waals surface area contributed by atoms with Crippen molar-refractivity contribution < 1.29 is 23.6 Å². The van der Waals surface area contributed by atoms with E-state index in [1.807, 2.05) is 0 Å². The number of methoxy groups -OCH3 is 1. The molecule has 0 saturated carbocycles. The monoisotopic (exact) mass is 320 g/mol. The summed E-state index contributed by atoms with van der Waals surface area (Å²) in [5.41, 5.74) is 0.644. The number of pyridine rings is 1. The molecule has 0 radical (unpaired) electrons. The first-order valence-corrected chi connectivity index (χ1v) is 6.53. The van der Waals surface area contributed by atoms with Crippen molar-refractivity contribution in [2.24, 2.45) is 0 Å². The average molecular weight is 320 g/mol. The summed E-state index contributed by atoms with van der Waals surface area (Å²) in [7, 11) is 1.17. The number of hydrogen-bond acceptors (Lipinski definition) is 6.